The molecule has 0 saturated heterocycles. The lowest BCUT2D eigenvalue weighted by atomic mass is 9.90. The molecule has 0 atom stereocenters. The molecule has 2 aromatic rings. The van der Waals surface area contributed by atoms with Crippen molar-refractivity contribution >= 4 is 6.29 Å². The lowest BCUT2D eigenvalue weighted by Crippen LogP contribution is -2.19. The number of hydrogen-bond acceptors (Lipinski definition) is 3. The van der Waals surface area contributed by atoms with Crippen molar-refractivity contribution in [1.82, 2.24) is 15.0 Å². The second-order valence-corrected chi connectivity index (χ2v) is 6.35. The van der Waals surface area contributed by atoms with Crippen molar-refractivity contribution in [2.75, 3.05) is 0 Å². The first kappa shape index (κ1) is 14.4. The maximum Gasteiger partial charge on any atom is 0.172 e. The molecule has 0 unspecified atom stereocenters. The molecule has 0 amide bonds. The van der Waals surface area contributed by atoms with E-state index < -0.39 is 0 Å². The normalized spacial score (nSPS) is 11.9. The van der Waals surface area contributed by atoms with Crippen LogP contribution in [-0.4, -0.2) is 21.3 Å². The van der Waals surface area contributed by atoms with Crippen LogP contribution in [0.5, 0.6) is 0 Å². The highest BCUT2D eigenvalue weighted by Crippen LogP contribution is 2.26. The van der Waals surface area contributed by atoms with Crippen LogP contribution >= 0.6 is 0 Å². The van der Waals surface area contributed by atoms with Gasteiger partial charge in [0.05, 0.1) is 11.4 Å². The minimum Gasteiger partial charge on any atom is -0.296 e. The van der Waals surface area contributed by atoms with E-state index in [1.807, 2.05) is 12.1 Å². The van der Waals surface area contributed by atoms with Gasteiger partial charge in [-0.05, 0) is 23.6 Å². The first-order valence-corrected chi connectivity index (χ1v) is 6.86. The standard InChI is InChI=1S/C16H21N3O/c1-11(2)12-6-8-13(9-7-12)19-15(16(3,4)5)14(10-20)17-18-19/h6-11H,1-5H3. The van der Waals surface area contributed by atoms with Crippen molar-refractivity contribution in [3.05, 3.63) is 41.2 Å². The van der Waals surface area contributed by atoms with Gasteiger partial charge in [0.1, 0.15) is 5.69 Å². The highest BCUT2D eigenvalue weighted by Gasteiger charge is 2.25. The van der Waals surface area contributed by atoms with Gasteiger partial charge in [-0.3, -0.25) is 4.79 Å². The average molecular weight is 271 g/mol. The molecule has 1 aromatic carbocycles. The minimum atomic E-state index is -0.198. The third-order valence-electron chi connectivity index (χ3n) is 3.32. The zero-order valence-corrected chi connectivity index (χ0v) is 12.7. The zero-order chi connectivity index (χ0) is 14.9. The van der Waals surface area contributed by atoms with Crippen molar-refractivity contribution in [2.24, 2.45) is 0 Å². The van der Waals surface area contributed by atoms with Gasteiger partial charge < -0.3 is 0 Å². The summed E-state index contributed by atoms with van der Waals surface area (Å²) >= 11 is 0. The number of carbonyl (C=O) groups is 1. The molecule has 20 heavy (non-hydrogen) atoms. The van der Waals surface area contributed by atoms with Crippen molar-refractivity contribution in [1.29, 1.82) is 0 Å². The zero-order valence-electron chi connectivity index (χ0n) is 12.7. The summed E-state index contributed by atoms with van der Waals surface area (Å²) in [6, 6.07) is 8.23. The number of benzene rings is 1. The van der Waals surface area contributed by atoms with E-state index in [-0.39, 0.29) is 5.41 Å². The summed E-state index contributed by atoms with van der Waals surface area (Å²) in [7, 11) is 0. The van der Waals surface area contributed by atoms with Crippen LogP contribution in [0.1, 0.15) is 62.3 Å². The Labute approximate surface area is 119 Å². The van der Waals surface area contributed by atoms with Gasteiger partial charge in [-0.1, -0.05) is 52.0 Å². The number of hydrogen-bond donors (Lipinski definition) is 0. The quantitative estimate of drug-likeness (QED) is 0.803. The Kier molecular flexibility index (Phi) is 3.75. The molecule has 1 heterocycles. The molecule has 0 saturated carbocycles. The Balaban J connectivity index is 2.53. The Bertz CT molecular complexity index is 604. The summed E-state index contributed by atoms with van der Waals surface area (Å²) < 4.78 is 1.76. The van der Waals surface area contributed by atoms with Crippen LogP contribution in [0.4, 0.5) is 0 Å². The van der Waals surface area contributed by atoms with Crippen LogP contribution in [0.3, 0.4) is 0 Å². The Morgan fingerprint density at radius 1 is 1.15 bits per heavy atom. The second kappa shape index (κ2) is 5.19. The molecule has 0 fully saturated rings. The third kappa shape index (κ3) is 2.64. The topological polar surface area (TPSA) is 47.8 Å². The summed E-state index contributed by atoms with van der Waals surface area (Å²) in [6.07, 6.45) is 0.770. The molecular formula is C16H21N3O. The predicted molar refractivity (Wildman–Crippen MR) is 79.5 cm³/mol. The van der Waals surface area contributed by atoms with E-state index in [4.69, 9.17) is 0 Å². The fourth-order valence-electron chi connectivity index (χ4n) is 2.26. The summed E-state index contributed by atoms with van der Waals surface area (Å²) in [5.74, 6) is 0.493. The molecule has 0 spiro atoms. The fraction of sp³-hybridized carbons (Fsp3) is 0.438. The number of aldehydes is 1. The molecule has 0 N–H and O–H groups in total. The molecule has 0 radical (unpaired) electrons. The van der Waals surface area contributed by atoms with Crippen LogP contribution in [0.25, 0.3) is 5.69 Å². The maximum absolute atomic E-state index is 11.1. The van der Waals surface area contributed by atoms with E-state index in [0.717, 1.165) is 17.7 Å². The molecule has 106 valence electrons. The molecule has 0 aliphatic rings. The number of carbonyl (C=O) groups excluding carboxylic acids is 1. The van der Waals surface area contributed by atoms with E-state index in [1.165, 1.54) is 5.56 Å². The molecule has 4 nitrogen and oxygen atoms in total. The van der Waals surface area contributed by atoms with Crippen molar-refractivity contribution < 1.29 is 4.79 Å². The third-order valence-corrected chi connectivity index (χ3v) is 3.32. The SMILES string of the molecule is CC(C)c1ccc(-n2nnc(C=O)c2C(C)(C)C)cc1. The van der Waals surface area contributed by atoms with Gasteiger partial charge in [-0.25, -0.2) is 4.68 Å². The van der Waals surface area contributed by atoms with E-state index in [9.17, 15) is 4.79 Å². The smallest absolute Gasteiger partial charge is 0.172 e. The lowest BCUT2D eigenvalue weighted by Gasteiger charge is -2.20. The average Bonchev–Trinajstić information content (AvgIpc) is 2.82. The van der Waals surface area contributed by atoms with Gasteiger partial charge in [0.2, 0.25) is 0 Å². The van der Waals surface area contributed by atoms with Gasteiger partial charge in [-0.15, -0.1) is 5.10 Å². The monoisotopic (exact) mass is 271 g/mol. The van der Waals surface area contributed by atoms with Gasteiger partial charge in [0.25, 0.3) is 0 Å². The Morgan fingerprint density at radius 2 is 1.75 bits per heavy atom. The number of nitrogens with zero attached hydrogens (tertiary/aromatic N) is 3. The van der Waals surface area contributed by atoms with E-state index in [2.05, 4.69) is 57.1 Å². The van der Waals surface area contributed by atoms with Gasteiger partial charge in [-0.2, -0.15) is 0 Å². The van der Waals surface area contributed by atoms with Crippen LogP contribution in [0, 0.1) is 0 Å². The summed E-state index contributed by atoms with van der Waals surface area (Å²) in [5, 5.41) is 8.11. The second-order valence-electron chi connectivity index (χ2n) is 6.35. The fourth-order valence-corrected chi connectivity index (χ4v) is 2.26. The molecule has 2 rings (SSSR count). The number of rotatable bonds is 3. The first-order chi connectivity index (χ1) is 9.34. The summed E-state index contributed by atoms with van der Waals surface area (Å²) in [5.41, 5.74) is 3.26. The molecule has 0 aliphatic carbocycles. The van der Waals surface area contributed by atoms with Crippen LogP contribution < -0.4 is 0 Å². The van der Waals surface area contributed by atoms with E-state index in [1.54, 1.807) is 4.68 Å². The van der Waals surface area contributed by atoms with Gasteiger partial charge in [0, 0.05) is 5.41 Å². The highest BCUT2D eigenvalue weighted by molar-refractivity contribution is 5.74. The molecule has 0 bridgehead atoms. The molecular weight excluding hydrogens is 250 g/mol. The number of aromatic nitrogens is 3. The van der Waals surface area contributed by atoms with Crippen LogP contribution in [-0.2, 0) is 5.41 Å². The van der Waals surface area contributed by atoms with E-state index >= 15 is 0 Å². The van der Waals surface area contributed by atoms with Crippen molar-refractivity contribution in [2.45, 2.75) is 46.0 Å². The van der Waals surface area contributed by atoms with Crippen molar-refractivity contribution in [3.63, 3.8) is 0 Å². The minimum absolute atomic E-state index is 0.198. The molecule has 4 heteroatoms. The molecule has 0 aliphatic heterocycles. The predicted octanol–water partition coefficient (Wildman–Crippen LogP) is 3.50. The van der Waals surface area contributed by atoms with E-state index in [0.29, 0.717) is 11.6 Å². The van der Waals surface area contributed by atoms with Gasteiger partial charge in [0.15, 0.2) is 6.29 Å². The molecule has 1 aromatic heterocycles. The van der Waals surface area contributed by atoms with Crippen molar-refractivity contribution in [3.8, 4) is 5.69 Å². The lowest BCUT2D eigenvalue weighted by molar-refractivity contribution is 0.111. The van der Waals surface area contributed by atoms with Crippen LogP contribution in [0.2, 0.25) is 0 Å². The largest absolute Gasteiger partial charge is 0.296 e. The summed E-state index contributed by atoms with van der Waals surface area (Å²) in [6.45, 7) is 10.5. The van der Waals surface area contributed by atoms with Crippen LogP contribution in [0.15, 0.2) is 24.3 Å². The van der Waals surface area contributed by atoms with Gasteiger partial charge >= 0.3 is 0 Å². The first-order valence-electron chi connectivity index (χ1n) is 6.86. The highest BCUT2D eigenvalue weighted by atomic mass is 16.1. The Hall–Kier alpha value is -1.97. The maximum atomic E-state index is 11.1. The summed E-state index contributed by atoms with van der Waals surface area (Å²) in [4.78, 5) is 11.1. The Morgan fingerprint density at radius 3 is 2.20 bits per heavy atom.